The summed E-state index contributed by atoms with van der Waals surface area (Å²) in [6, 6.07) is 10.1. The lowest BCUT2D eigenvalue weighted by molar-refractivity contribution is -0.117. The van der Waals surface area contributed by atoms with E-state index < -0.39 is 0 Å². The van der Waals surface area contributed by atoms with Gasteiger partial charge in [0, 0.05) is 31.7 Å². The van der Waals surface area contributed by atoms with Crippen LogP contribution in [0.4, 0.5) is 11.5 Å². The van der Waals surface area contributed by atoms with Crippen LogP contribution in [0.5, 0.6) is 11.5 Å². The molecule has 180 valence electrons. The van der Waals surface area contributed by atoms with E-state index in [-0.39, 0.29) is 17.5 Å². The Morgan fingerprint density at radius 3 is 2.65 bits per heavy atom. The van der Waals surface area contributed by atoms with Crippen molar-refractivity contribution in [3.63, 3.8) is 0 Å². The molecule has 1 aromatic heterocycles. The number of ether oxygens (including phenoxy) is 2. The summed E-state index contributed by atoms with van der Waals surface area (Å²) in [6.45, 7) is 5.84. The zero-order chi connectivity index (χ0) is 23.1. The smallest absolute Gasteiger partial charge is 0.252 e. The van der Waals surface area contributed by atoms with E-state index in [4.69, 9.17) is 9.47 Å². The number of carbonyl (C=O) groups excluding carboxylic acids is 1. The summed E-state index contributed by atoms with van der Waals surface area (Å²) in [7, 11) is 0. The van der Waals surface area contributed by atoms with Gasteiger partial charge in [0.25, 0.3) is 5.56 Å². The molecule has 4 aliphatic heterocycles. The molecule has 0 aliphatic carbocycles. The summed E-state index contributed by atoms with van der Waals surface area (Å²) in [6.07, 6.45) is 2.96. The minimum Gasteiger partial charge on any atom is -0.486 e. The average molecular weight is 466 g/mol. The van der Waals surface area contributed by atoms with E-state index in [0.717, 1.165) is 68.4 Å². The first-order chi connectivity index (χ1) is 16.7. The highest BCUT2D eigenvalue weighted by atomic mass is 16.6. The number of likely N-dealkylation sites (tertiary alicyclic amines) is 1. The molecule has 0 spiro atoms. The van der Waals surface area contributed by atoms with Gasteiger partial charge in [0.15, 0.2) is 11.5 Å². The van der Waals surface area contributed by atoms with E-state index in [9.17, 15) is 9.59 Å². The predicted molar refractivity (Wildman–Crippen MR) is 129 cm³/mol. The molecule has 1 atom stereocenters. The van der Waals surface area contributed by atoms with Crippen molar-refractivity contribution in [2.24, 2.45) is 0 Å². The highest BCUT2D eigenvalue weighted by Gasteiger charge is 2.35. The minimum absolute atomic E-state index is 0.0269. The van der Waals surface area contributed by atoms with Gasteiger partial charge in [-0.2, -0.15) is 0 Å². The Labute approximate surface area is 198 Å². The molecule has 1 aromatic carbocycles. The third kappa shape index (κ3) is 4.03. The fourth-order valence-electron chi connectivity index (χ4n) is 5.58. The second-order valence-electron chi connectivity index (χ2n) is 9.55. The van der Waals surface area contributed by atoms with Gasteiger partial charge in [-0.25, -0.2) is 0 Å². The maximum Gasteiger partial charge on any atom is 0.252 e. The van der Waals surface area contributed by atoms with Crippen LogP contribution in [0.1, 0.15) is 30.9 Å². The van der Waals surface area contributed by atoms with E-state index in [1.807, 2.05) is 10.6 Å². The van der Waals surface area contributed by atoms with Crippen molar-refractivity contribution in [2.45, 2.75) is 37.9 Å². The quantitative estimate of drug-likeness (QED) is 0.693. The van der Waals surface area contributed by atoms with Crippen molar-refractivity contribution in [2.75, 3.05) is 56.2 Å². The van der Waals surface area contributed by atoms with Gasteiger partial charge < -0.3 is 25.0 Å². The molecule has 0 unspecified atom stereocenters. The molecule has 4 aliphatic rings. The van der Waals surface area contributed by atoms with Crippen LogP contribution in [0.25, 0.3) is 0 Å². The Kier molecular flexibility index (Phi) is 5.66. The molecule has 9 heteroatoms. The van der Waals surface area contributed by atoms with Crippen LogP contribution in [0.15, 0.2) is 35.1 Å². The van der Waals surface area contributed by atoms with Crippen LogP contribution in [-0.2, 0) is 11.3 Å². The number of piperidine rings is 1. The molecule has 0 saturated carbocycles. The van der Waals surface area contributed by atoms with Crippen LogP contribution < -0.4 is 30.6 Å². The number of benzene rings is 1. The topological polar surface area (TPSA) is 88.1 Å². The van der Waals surface area contributed by atoms with Crippen molar-refractivity contribution < 1.29 is 14.3 Å². The van der Waals surface area contributed by atoms with Crippen molar-refractivity contribution in [3.8, 4) is 11.5 Å². The van der Waals surface area contributed by atoms with E-state index in [1.54, 1.807) is 17.0 Å². The monoisotopic (exact) mass is 465 g/mol. The number of nitrogens with one attached hydrogen (secondary N) is 2. The third-order valence-electron chi connectivity index (χ3n) is 7.39. The summed E-state index contributed by atoms with van der Waals surface area (Å²) in [5, 5.41) is 6.86. The summed E-state index contributed by atoms with van der Waals surface area (Å²) >= 11 is 0. The first-order valence-electron chi connectivity index (χ1n) is 12.3. The normalized spacial score (nSPS) is 22.3. The molecule has 1 fully saturated rings. The van der Waals surface area contributed by atoms with Gasteiger partial charge in [-0.3, -0.25) is 19.1 Å². The largest absolute Gasteiger partial charge is 0.486 e. The van der Waals surface area contributed by atoms with Gasteiger partial charge in [-0.15, -0.1) is 0 Å². The van der Waals surface area contributed by atoms with Crippen LogP contribution in [0.3, 0.4) is 0 Å². The molecule has 34 heavy (non-hydrogen) atoms. The third-order valence-corrected chi connectivity index (χ3v) is 7.39. The molecule has 2 aromatic rings. The minimum atomic E-state index is -0.0269. The molecule has 6 rings (SSSR count). The predicted octanol–water partition coefficient (Wildman–Crippen LogP) is 1.58. The Hall–Kier alpha value is -3.04. The molecular weight excluding hydrogens is 434 g/mol. The fourth-order valence-corrected chi connectivity index (χ4v) is 5.58. The lowest BCUT2D eigenvalue weighted by Crippen LogP contribution is -2.51. The highest BCUT2D eigenvalue weighted by Crippen LogP contribution is 2.35. The molecule has 1 saturated heterocycles. The molecule has 0 bridgehead atoms. The van der Waals surface area contributed by atoms with Crippen molar-refractivity contribution >= 4 is 17.4 Å². The molecule has 0 radical (unpaired) electrons. The van der Waals surface area contributed by atoms with E-state index in [2.05, 4.69) is 27.7 Å². The number of amides is 1. The number of anilines is 2. The van der Waals surface area contributed by atoms with E-state index in [1.165, 1.54) is 5.56 Å². The van der Waals surface area contributed by atoms with Crippen LogP contribution in [0, 0.1) is 0 Å². The lowest BCUT2D eigenvalue weighted by Gasteiger charge is -2.42. The van der Waals surface area contributed by atoms with Gasteiger partial charge >= 0.3 is 0 Å². The Bertz CT molecular complexity index is 1140. The Morgan fingerprint density at radius 2 is 1.79 bits per heavy atom. The van der Waals surface area contributed by atoms with Gasteiger partial charge in [0.05, 0.1) is 18.3 Å². The van der Waals surface area contributed by atoms with Gasteiger partial charge in [-0.05, 0) is 56.1 Å². The summed E-state index contributed by atoms with van der Waals surface area (Å²) in [5.74, 6) is 2.45. The van der Waals surface area contributed by atoms with Crippen LogP contribution in [0.2, 0.25) is 0 Å². The van der Waals surface area contributed by atoms with Gasteiger partial charge in [0.2, 0.25) is 5.91 Å². The second-order valence-corrected chi connectivity index (χ2v) is 9.55. The molecule has 2 N–H and O–H groups in total. The zero-order valence-corrected chi connectivity index (χ0v) is 19.3. The first-order valence-corrected chi connectivity index (χ1v) is 12.3. The highest BCUT2D eigenvalue weighted by molar-refractivity contribution is 6.01. The van der Waals surface area contributed by atoms with Crippen molar-refractivity contribution in [1.29, 1.82) is 0 Å². The maximum absolute atomic E-state index is 12.8. The van der Waals surface area contributed by atoms with Gasteiger partial charge in [-0.1, -0.05) is 6.07 Å². The van der Waals surface area contributed by atoms with Crippen molar-refractivity contribution in [3.05, 3.63) is 46.2 Å². The maximum atomic E-state index is 12.8. The van der Waals surface area contributed by atoms with E-state index >= 15 is 0 Å². The van der Waals surface area contributed by atoms with Crippen LogP contribution in [-0.4, -0.2) is 67.4 Å². The molecular formula is C25H31N5O4. The average Bonchev–Trinajstić information content (AvgIpc) is 2.87. The summed E-state index contributed by atoms with van der Waals surface area (Å²) in [5.41, 5.74) is 2.06. The molecule has 5 heterocycles. The summed E-state index contributed by atoms with van der Waals surface area (Å²) in [4.78, 5) is 29.4. The number of nitrogens with zero attached hydrogens (tertiary/aromatic N) is 3. The van der Waals surface area contributed by atoms with E-state index in [0.29, 0.717) is 32.3 Å². The zero-order valence-electron chi connectivity index (χ0n) is 19.3. The van der Waals surface area contributed by atoms with Crippen molar-refractivity contribution in [1.82, 2.24) is 14.8 Å². The number of hydrogen-bond acceptors (Lipinski definition) is 7. The number of pyridine rings is 1. The standard InChI is InChI=1S/C25H31N5O4/c31-23-4-2-20-25-29(24(32)15-27-20)10-7-19(30(23)25)16-28-8-5-18(6-9-28)26-14-17-1-3-21-22(13-17)34-12-11-33-21/h1-4,13,18-19,26-27H,5-12,14-16H2/t19-/m0/s1. The lowest BCUT2D eigenvalue weighted by atomic mass is 10.0. The Balaban J connectivity index is 1.06. The Morgan fingerprint density at radius 1 is 0.971 bits per heavy atom. The van der Waals surface area contributed by atoms with Crippen LogP contribution >= 0.6 is 0 Å². The molecule has 1 amide bonds. The number of aromatic nitrogens is 1. The second kappa shape index (κ2) is 8.96. The van der Waals surface area contributed by atoms with Gasteiger partial charge in [0.1, 0.15) is 19.0 Å². The molecule has 9 nitrogen and oxygen atoms in total. The SMILES string of the molecule is O=C1CNc2ccc(=O)n3c2N1CC[C@H]3CN1CCC(NCc2ccc3c(c2)OCCO3)CC1. The number of rotatable bonds is 5. The number of hydrogen-bond donors (Lipinski definition) is 2. The fraction of sp³-hybridized carbons (Fsp3) is 0.520. The first kappa shape index (κ1) is 21.5. The summed E-state index contributed by atoms with van der Waals surface area (Å²) < 4.78 is 13.1. The number of carbonyl (C=O) groups is 1. The number of fused-ring (bicyclic) bond motifs is 1.